The fourth-order valence-corrected chi connectivity index (χ4v) is 1.08. The van der Waals surface area contributed by atoms with Gasteiger partial charge in [0.25, 0.3) is 0 Å². The molecule has 3 nitrogen and oxygen atoms in total. The summed E-state index contributed by atoms with van der Waals surface area (Å²) in [7, 11) is 0. The van der Waals surface area contributed by atoms with E-state index in [0.717, 1.165) is 6.54 Å². The van der Waals surface area contributed by atoms with E-state index < -0.39 is 12.2 Å². The van der Waals surface area contributed by atoms with Gasteiger partial charge in [0.2, 0.25) is 0 Å². The van der Waals surface area contributed by atoms with Crippen LogP contribution in [0.5, 0.6) is 0 Å². The highest BCUT2D eigenvalue weighted by molar-refractivity contribution is 4.81. The van der Waals surface area contributed by atoms with Crippen molar-refractivity contribution in [3.8, 4) is 0 Å². The van der Waals surface area contributed by atoms with Crippen LogP contribution in [0.1, 0.15) is 6.92 Å². The first-order chi connectivity index (χ1) is 4.22. The Bertz CT molecular complexity index is 87.1. The minimum absolute atomic E-state index is 0.175. The van der Waals surface area contributed by atoms with Gasteiger partial charge in [-0.3, -0.25) is 0 Å². The third kappa shape index (κ3) is 1.41. The lowest BCUT2D eigenvalue weighted by molar-refractivity contribution is -0.0295. The van der Waals surface area contributed by atoms with Gasteiger partial charge in [0.05, 0.1) is 12.2 Å². The van der Waals surface area contributed by atoms with Crippen molar-refractivity contribution in [2.24, 2.45) is 5.92 Å². The smallest absolute Gasteiger partial charge is 0.0926 e. The largest absolute Gasteiger partial charge is 0.390 e. The highest BCUT2D eigenvalue weighted by Gasteiger charge is 2.26. The van der Waals surface area contributed by atoms with Gasteiger partial charge in [0, 0.05) is 13.1 Å². The van der Waals surface area contributed by atoms with Crippen LogP contribution in [0.25, 0.3) is 0 Å². The number of piperidine rings is 1. The van der Waals surface area contributed by atoms with E-state index in [4.69, 9.17) is 10.2 Å². The standard InChI is InChI=1S/C6H13NO2/c1-4-2-7-3-5(8)6(4)9/h4-9H,2-3H2,1H3. The Balaban J connectivity index is 2.41. The SMILES string of the molecule is CC1CNCC(O)C1O. The van der Waals surface area contributed by atoms with Crippen molar-refractivity contribution in [3.63, 3.8) is 0 Å². The van der Waals surface area contributed by atoms with E-state index in [1.165, 1.54) is 0 Å². The number of aliphatic hydroxyl groups excluding tert-OH is 2. The average Bonchev–Trinajstić information content (AvgIpc) is 1.83. The number of nitrogens with one attached hydrogen (secondary N) is 1. The van der Waals surface area contributed by atoms with Crippen LogP contribution in [0.4, 0.5) is 0 Å². The second-order valence-corrected chi connectivity index (χ2v) is 2.69. The molecule has 3 heteroatoms. The maximum atomic E-state index is 9.16. The molecule has 3 atom stereocenters. The van der Waals surface area contributed by atoms with E-state index >= 15 is 0 Å². The number of hydrogen-bond donors (Lipinski definition) is 3. The third-order valence-electron chi connectivity index (χ3n) is 1.80. The first-order valence-electron chi connectivity index (χ1n) is 3.28. The molecule has 1 aliphatic heterocycles. The topological polar surface area (TPSA) is 52.5 Å². The lowest BCUT2D eigenvalue weighted by Gasteiger charge is -2.29. The number of β-amino-alcohol motifs (C(OH)–C–C–N with tert-alkyl or cyclic N) is 1. The predicted molar refractivity (Wildman–Crippen MR) is 34.0 cm³/mol. The second kappa shape index (κ2) is 2.64. The molecule has 0 amide bonds. The minimum atomic E-state index is -0.575. The van der Waals surface area contributed by atoms with E-state index in [9.17, 15) is 0 Å². The quantitative estimate of drug-likeness (QED) is 0.393. The first kappa shape index (κ1) is 6.99. The molecule has 0 aromatic carbocycles. The summed E-state index contributed by atoms with van der Waals surface area (Å²) < 4.78 is 0. The average molecular weight is 131 g/mol. The highest BCUT2D eigenvalue weighted by Crippen LogP contribution is 2.09. The summed E-state index contributed by atoms with van der Waals surface area (Å²) in [6.07, 6.45) is -1.11. The summed E-state index contributed by atoms with van der Waals surface area (Å²) in [4.78, 5) is 0. The molecule has 1 rings (SSSR count). The van der Waals surface area contributed by atoms with Crippen molar-refractivity contribution in [1.82, 2.24) is 5.32 Å². The van der Waals surface area contributed by atoms with Crippen LogP contribution in [-0.4, -0.2) is 35.5 Å². The molecule has 0 bridgehead atoms. The fraction of sp³-hybridized carbons (Fsp3) is 1.00. The zero-order chi connectivity index (χ0) is 6.85. The van der Waals surface area contributed by atoms with Crippen LogP contribution >= 0.6 is 0 Å². The fourth-order valence-electron chi connectivity index (χ4n) is 1.08. The van der Waals surface area contributed by atoms with Gasteiger partial charge in [-0.05, 0) is 5.92 Å². The first-order valence-corrected chi connectivity index (χ1v) is 3.28. The maximum Gasteiger partial charge on any atom is 0.0926 e. The van der Waals surface area contributed by atoms with Gasteiger partial charge in [0.15, 0.2) is 0 Å². The molecule has 1 fully saturated rings. The van der Waals surface area contributed by atoms with Crippen LogP contribution in [0.2, 0.25) is 0 Å². The Morgan fingerprint density at radius 1 is 1.33 bits per heavy atom. The Morgan fingerprint density at radius 3 is 2.44 bits per heavy atom. The molecular formula is C6H13NO2. The van der Waals surface area contributed by atoms with Crippen LogP contribution in [0.15, 0.2) is 0 Å². The Hall–Kier alpha value is -0.120. The van der Waals surface area contributed by atoms with Crippen molar-refractivity contribution < 1.29 is 10.2 Å². The van der Waals surface area contributed by atoms with Crippen molar-refractivity contribution in [2.45, 2.75) is 19.1 Å². The molecule has 0 aromatic rings. The number of aliphatic hydroxyl groups is 2. The van der Waals surface area contributed by atoms with Crippen molar-refractivity contribution in [3.05, 3.63) is 0 Å². The van der Waals surface area contributed by atoms with Gasteiger partial charge in [-0.1, -0.05) is 6.92 Å². The van der Waals surface area contributed by atoms with Gasteiger partial charge < -0.3 is 15.5 Å². The predicted octanol–water partition coefficient (Wildman–Crippen LogP) is -1.05. The minimum Gasteiger partial charge on any atom is -0.390 e. The zero-order valence-electron chi connectivity index (χ0n) is 5.54. The summed E-state index contributed by atoms with van der Waals surface area (Å²) >= 11 is 0. The monoisotopic (exact) mass is 131 g/mol. The molecule has 0 aliphatic carbocycles. The zero-order valence-corrected chi connectivity index (χ0v) is 5.54. The van der Waals surface area contributed by atoms with Gasteiger partial charge in [0.1, 0.15) is 0 Å². The van der Waals surface area contributed by atoms with Gasteiger partial charge in [-0.15, -0.1) is 0 Å². The number of rotatable bonds is 0. The van der Waals surface area contributed by atoms with Crippen LogP contribution in [-0.2, 0) is 0 Å². The van der Waals surface area contributed by atoms with Crippen LogP contribution in [0.3, 0.4) is 0 Å². The molecule has 3 N–H and O–H groups in total. The summed E-state index contributed by atoms with van der Waals surface area (Å²) in [6, 6.07) is 0. The lowest BCUT2D eigenvalue weighted by Crippen LogP contribution is -2.49. The molecule has 1 aliphatic rings. The molecule has 0 radical (unpaired) electrons. The van der Waals surface area contributed by atoms with Gasteiger partial charge in [-0.2, -0.15) is 0 Å². The molecule has 3 unspecified atom stereocenters. The normalized spacial score (nSPS) is 45.0. The third-order valence-corrected chi connectivity index (χ3v) is 1.80. The highest BCUT2D eigenvalue weighted by atomic mass is 16.3. The van der Waals surface area contributed by atoms with E-state index in [1.807, 2.05) is 6.92 Å². The van der Waals surface area contributed by atoms with Crippen LogP contribution in [0, 0.1) is 5.92 Å². The van der Waals surface area contributed by atoms with E-state index in [2.05, 4.69) is 5.32 Å². The van der Waals surface area contributed by atoms with Crippen molar-refractivity contribution in [1.29, 1.82) is 0 Å². The molecule has 0 saturated carbocycles. The van der Waals surface area contributed by atoms with Crippen molar-refractivity contribution >= 4 is 0 Å². The summed E-state index contributed by atoms with van der Waals surface area (Å²) in [6.45, 7) is 3.24. The summed E-state index contributed by atoms with van der Waals surface area (Å²) in [5, 5.41) is 21.2. The molecule has 1 saturated heterocycles. The Kier molecular flexibility index (Phi) is 2.05. The molecule has 1 heterocycles. The van der Waals surface area contributed by atoms with Gasteiger partial charge in [-0.25, -0.2) is 0 Å². The molecule has 54 valence electrons. The molecular weight excluding hydrogens is 118 g/mol. The van der Waals surface area contributed by atoms with E-state index in [0.29, 0.717) is 6.54 Å². The summed E-state index contributed by atoms with van der Waals surface area (Å²) in [5.41, 5.74) is 0. The molecule has 9 heavy (non-hydrogen) atoms. The summed E-state index contributed by atoms with van der Waals surface area (Å²) in [5.74, 6) is 0.175. The Morgan fingerprint density at radius 2 is 2.00 bits per heavy atom. The van der Waals surface area contributed by atoms with Crippen molar-refractivity contribution in [2.75, 3.05) is 13.1 Å². The lowest BCUT2D eigenvalue weighted by atomic mass is 9.96. The molecule has 0 spiro atoms. The number of hydrogen-bond acceptors (Lipinski definition) is 3. The Labute approximate surface area is 54.7 Å². The van der Waals surface area contributed by atoms with Crippen LogP contribution < -0.4 is 5.32 Å². The van der Waals surface area contributed by atoms with Gasteiger partial charge >= 0.3 is 0 Å². The van der Waals surface area contributed by atoms with E-state index in [-0.39, 0.29) is 5.92 Å². The maximum absolute atomic E-state index is 9.16. The molecule has 0 aromatic heterocycles. The van der Waals surface area contributed by atoms with E-state index in [1.54, 1.807) is 0 Å². The second-order valence-electron chi connectivity index (χ2n) is 2.69.